The summed E-state index contributed by atoms with van der Waals surface area (Å²) in [7, 11) is 0. The zero-order chi connectivity index (χ0) is 37.4. The zero-order valence-electron chi connectivity index (χ0n) is 31.4. The highest BCUT2D eigenvalue weighted by molar-refractivity contribution is 5.99. The third-order valence-corrected chi connectivity index (χ3v) is 12.3. The molecule has 6 aromatic carbocycles. The van der Waals surface area contributed by atoms with Gasteiger partial charge in [0.2, 0.25) is 0 Å². The van der Waals surface area contributed by atoms with Crippen molar-refractivity contribution in [1.29, 1.82) is 0 Å². The van der Waals surface area contributed by atoms with E-state index < -0.39 is 0 Å². The molecule has 266 valence electrons. The Balaban J connectivity index is 0.984. The Bertz CT molecular complexity index is 2900. The van der Waals surface area contributed by atoms with E-state index in [-0.39, 0.29) is 17.4 Å². The van der Waals surface area contributed by atoms with E-state index in [9.17, 15) is 0 Å². The number of benzene rings is 6. The van der Waals surface area contributed by atoms with Crippen molar-refractivity contribution in [2.45, 2.75) is 31.2 Å². The molecule has 2 unspecified atom stereocenters. The standard InChI is InChI=1S/C53H39N3/c1-53(2)46-23-12-21-43(48-33-44(35-16-7-4-8-17-35)41-22-13-29-54-52(41)55-48)51(46)42-27-25-38(32-47(42)53)37-26-28-50-45(31-37)40-20-9-10-24-49(40)56(50)39-19-11-18-36(30-39)34-14-5-3-6-15-34/h3-33,45,50H,1-2H3. The van der Waals surface area contributed by atoms with Gasteiger partial charge in [0.15, 0.2) is 5.65 Å². The molecule has 3 aliphatic rings. The lowest BCUT2D eigenvalue weighted by Gasteiger charge is -2.30. The molecule has 56 heavy (non-hydrogen) atoms. The number of para-hydroxylation sites is 1. The van der Waals surface area contributed by atoms with Crippen molar-refractivity contribution in [3.63, 3.8) is 0 Å². The summed E-state index contributed by atoms with van der Waals surface area (Å²) in [5.74, 6) is 0.239. The minimum absolute atomic E-state index is 0.184. The van der Waals surface area contributed by atoms with Crippen LogP contribution >= 0.6 is 0 Å². The fourth-order valence-electron chi connectivity index (χ4n) is 9.54. The smallest absolute Gasteiger partial charge is 0.160 e. The summed E-state index contributed by atoms with van der Waals surface area (Å²) in [5.41, 5.74) is 19.1. The fraction of sp³-hybridized carbons (Fsp3) is 0.0943. The molecule has 0 radical (unpaired) electrons. The van der Waals surface area contributed by atoms with E-state index in [0.717, 1.165) is 33.4 Å². The minimum atomic E-state index is -0.184. The maximum Gasteiger partial charge on any atom is 0.160 e. The summed E-state index contributed by atoms with van der Waals surface area (Å²) in [6.07, 6.45) is 9.11. The predicted molar refractivity (Wildman–Crippen MR) is 232 cm³/mol. The Kier molecular flexibility index (Phi) is 7.34. The molecule has 0 N–H and O–H groups in total. The van der Waals surface area contributed by atoms with E-state index in [1.54, 1.807) is 0 Å². The van der Waals surface area contributed by atoms with E-state index in [0.29, 0.717) is 0 Å². The van der Waals surface area contributed by atoms with Crippen LogP contribution in [-0.4, -0.2) is 16.0 Å². The molecule has 0 amide bonds. The van der Waals surface area contributed by atoms with Crippen LogP contribution in [0, 0.1) is 0 Å². The van der Waals surface area contributed by atoms with Gasteiger partial charge in [0.05, 0.1) is 11.7 Å². The van der Waals surface area contributed by atoms with Crippen LogP contribution in [0.3, 0.4) is 0 Å². The Morgan fingerprint density at radius 3 is 2.20 bits per heavy atom. The third kappa shape index (κ3) is 5.04. The first-order chi connectivity index (χ1) is 27.5. The lowest BCUT2D eigenvalue weighted by molar-refractivity contribution is 0.660. The first kappa shape index (κ1) is 32.6. The van der Waals surface area contributed by atoms with Gasteiger partial charge < -0.3 is 4.90 Å². The molecule has 0 saturated carbocycles. The highest BCUT2D eigenvalue weighted by Crippen LogP contribution is 2.54. The summed E-state index contributed by atoms with van der Waals surface area (Å²) in [6, 6.07) is 59.6. The number of fused-ring (bicyclic) bond motifs is 7. The van der Waals surface area contributed by atoms with Crippen LogP contribution in [0.4, 0.5) is 11.4 Å². The second-order valence-corrected chi connectivity index (χ2v) is 15.8. The van der Waals surface area contributed by atoms with Crippen LogP contribution < -0.4 is 4.90 Å². The summed E-state index contributed by atoms with van der Waals surface area (Å²) in [6.45, 7) is 4.73. The molecule has 3 heteroatoms. The molecule has 1 aliphatic heterocycles. The van der Waals surface area contributed by atoms with Crippen molar-refractivity contribution in [2.75, 3.05) is 4.90 Å². The molecule has 3 nitrogen and oxygen atoms in total. The summed E-state index contributed by atoms with van der Waals surface area (Å²) in [5, 5.41) is 1.06. The van der Waals surface area contributed by atoms with Crippen LogP contribution in [0.2, 0.25) is 0 Å². The molecule has 0 spiro atoms. The number of rotatable bonds is 5. The van der Waals surface area contributed by atoms with Gasteiger partial charge in [-0.3, -0.25) is 0 Å². The molecule has 0 saturated heterocycles. The van der Waals surface area contributed by atoms with Gasteiger partial charge in [-0.05, 0) is 104 Å². The van der Waals surface area contributed by atoms with Crippen molar-refractivity contribution in [3.05, 3.63) is 210 Å². The van der Waals surface area contributed by atoms with E-state index in [1.807, 2.05) is 12.3 Å². The molecule has 8 aromatic rings. The lowest BCUT2D eigenvalue weighted by atomic mass is 9.80. The molecular weight excluding hydrogens is 679 g/mol. The largest absolute Gasteiger partial charge is 0.333 e. The van der Waals surface area contributed by atoms with Crippen LogP contribution in [0.1, 0.15) is 42.0 Å². The predicted octanol–water partition coefficient (Wildman–Crippen LogP) is 13.2. The third-order valence-electron chi connectivity index (χ3n) is 12.3. The molecule has 0 fully saturated rings. The number of nitrogens with zero attached hydrogens (tertiary/aromatic N) is 3. The van der Waals surface area contributed by atoms with Gasteiger partial charge in [-0.25, -0.2) is 9.97 Å². The van der Waals surface area contributed by atoms with E-state index in [2.05, 4.69) is 195 Å². The molecule has 2 atom stereocenters. The summed E-state index contributed by atoms with van der Waals surface area (Å²) < 4.78 is 0. The Morgan fingerprint density at radius 1 is 0.571 bits per heavy atom. The van der Waals surface area contributed by atoms with E-state index in [4.69, 9.17) is 9.97 Å². The lowest BCUT2D eigenvalue weighted by Crippen LogP contribution is -2.29. The second-order valence-electron chi connectivity index (χ2n) is 15.8. The highest BCUT2D eigenvalue weighted by atomic mass is 15.2. The van der Waals surface area contributed by atoms with Gasteiger partial charge in [-0.1, -0.05) is 153 Å². The maximum atomic E-state index is 5.18. The Labute approximate surface area is 328 Å². The fourth-order valence-corrected chi connectivity index (χ4v) is 9.54. The number of hydrogen-bond acceptors (Lipinski definition) is 3. The van der Waals surface area contributed by atoms with Gasteiger partial charge in [0.25, 0.3) is 0 Å². The van der Waals surface area contributed by atoms with Crippen molar-refractivity contribution in [1.82, 2.24) is 9.97 Å². The number of anilines is 2. The van der Waals surface area contributed by atoms with E-state index in [1.165, 1.54) is 61.5 Å². The van der Waals surface area contributed by atoms with Crippen molar-refractivity contribution < 1.29 is 0 Å². The molecule has 0 bridgehead atoms. The van der Waals surface area contributed by atoms with Crippen LogP contribution in [-0.2, 0) is 5.41 Å². The molecule has 2 aliphatic carbocycles. The number of allylic oxidation sites excluding steroid dienone is 2. The van der Waals surface area contributed by atoms with Crippen LogP contribution in [0.25, 0.3) is 61.2 Å². The molecule has 2 aromatic heterocycles. The van der Waals surface area contributed by atoms with Crippen LogP contribution in [0.15, 0.2) is 188 Å². The average molecular weight is 718 g/mol. The molecule has 3 heterocycles. The SMILES string of the molecule is CC1(C)c2cc(C3=CC4c5ccccc5N(c5cccc(-c6ccccc6)c5)C4C=C3)ccc2-c2c(-c3cc(-c4ccccc4)c4cccnc4n3)cccc21. The quantitative estimate of drug-likeness (QED) is 0.177. The number of hydrogen-bond donors (Lipinski definition) is 0. The Morgan fingerprint density at radius 2 is 1.34 bits per heavy atom. The van der Waals surface area contributed by atoms with Gasteiger partial charge in [-0.15, -0.1) is 0 Å². The molecule has 11 rings (SSSR count). The van der Waals surface area contributed by atoms with Gasteiger partial charge in [0, 0.05) is 39.9 Å². The van der Waals surface area contributed by atoms with Crippen molar-refractivity contribution in [2.24, 2.45) is 0 Å². The van der Waals surface area contributed by atoms with Gasteiger partial charge >= 0.3 is 0 Å². The monoisotopic (exact) mass is 717 g/mol. The topological polar surface area (TPSA) is 29.0 Å². The van der Waals surface area contributed by atoms with Crippen molar-refractivity contribution in [3.8, 4) is 44.6 Å². The van der Waals surface area contributed by atoms with Crippen LogP contribution in [0.5, 0.6) is 0 Å². The highest BCUT2D eigenvalue weighted by Gasteiger charge is 2.40. The van der Waals surface area contributed by atoms with Gasteiger partial charge in [-0.2, -0.15) is 0 Å². The molecular formula is C53H39N3. The second kappa shape index (κ2) is 12.6. The normalized spacial score (nSPS) is 17.2. The first-order valence-electron chi connectivity index (χ1n) is 19.6. The summed E-state index contributed by atoms with van der Waals surface area (Å²) in [4.78, 5) is 12.4. The number of aromatic nitrogens is 2. The zero-order valence-corrected chi connectivity index (χ0v) is 31.4. The van der Waals surface area contributed by atoms with E-state index >= 15 is 0 Å². The summed E-state index contributed by atoms with van der Waals surface area (Å²) >= 11 is 0. The first-order valence-corrected chi connectivity index (χ1v) is 19.6. The number of pyridine rings is 2. The minimum Gasteiger partial charge on any atom is -0.333 e. The maximum absolute atomic E-state index is 5.18. The Hall–Kier alpha value is -6.84. The van der Waals surface area contributed by atoms with Gasteiger partial charge in [0.1, 0.15) is 0 Å². The van der Waals surface area contributed by atoms with Crippen molar-refractivity contribution >= 4 is 28.0 Å². The average Bonchev–Trinajstić information content (AvgIpc) is 3.71.